The molecule has 1 heterocycles. The molecule has 0 aliphatic carbocycles. The molecule has 0 radical (unpaired) electrons. The van der Waals surface area contributed by atoms with E-state index in [0.717, 1.165) is 0 Å². The van der Waals surface area contributed by atoms with Crippen molar-refractivity contribution in [1.29, 1.82) is 0 Å². The van der Waals surface area contributed by atoms with Gasteiger partial charge in [0.2, 0.25) is 0 Å². The average molecular weight is 424 g/mol. The van der Waals surface area contributed by atoms with Crippen LogP contribution in [0.25, 0.3) is 0 Å². The van der Waals surface area contributed by atoms with E-state index in [1.54, 1.807) is 31.7 Å². The number of rotatable bonds is 9. The van der Waals surface area contributed by atoms with E-state index in [1.807, 2.05) is 13.8 Å². The van der Waals surface area contributed by atoms with Crippen molar-refractivity contribution in [2.75, 3.05) is 31.3 Å². The molecule has 10 heteroatoms. The Kier molecular flexibility index (Phi) is 7.60. The molecule has 1 aliphatic heterocycles. The fraction of sp³-hybridized carbons (Fsp3) is 0.600. The number of esters is 2. The van der Waals surface area contributed by atoms with Crippen molar-refractivity contribution >= 4 is 23.3 Å². The van der Waals surface area contributed by atoms with Gasteiger partial charge in [0.1, 0.15) is 17.6 Å². The first-order chi connectivity index (χ1) is 14.1. The maximum atomic E-state index is 12.2. The van der Waals surface area contributed by atoms with Gasteiger partial charge in [0.25, 0.3) is 5.69 Å². The van der Waals surface area contributed by atoms with E-state index in [0.29, 0.717) is 18.0 Å². The molecule has 1 aromatic carbocycles. The summed E-state index contributed by atoms with van der Waals surface area (Å²) in [5.74, 6) is -2.17. The van der Waals surface area contributed by atoms with Crippen LogP contribution in [0.4, 0.5) is 11.4 Å². The van der Waals surface area contributed by atoms with E-state index in [2.05, 4.69) is 0 Å². The molecule has 2 rings (SSSR count). The molecule has 1 atom stereocenters. The summed E-state index contributed by atoms with van der Waals surface area (Å²) in [5, 5.41) is 11.2. The highest BCUT2D eigenvalue weighted by Gasteiger charge is 2.37. The normalized spacial score (nSPS) is 15.7. The Hall–Kier alpha value is -2.88. The summed E-state index contributed by atoms with van der Waals surface area (Å²) in [5.41, 5.74) is -0.160. The van der Waals surface area contributed by atoms with E-state index >= 15 is 0 Å². The third-order valence-corrected chi connectivity index (χ3v) is 4.49. The van der Waals surface area contributed by atoms with Crippen LogP contribution in [0.1, 0.15) is 34.6 Å². The van der Waals surface area contributed by atoms with Gasteiger partial charge in [0.05, 0.1) is 37.0 Å². The lowest BCUT2D eigenvalue weighted by atomic mass is 10.0. The minimum Gasteiger partial charge on any atom is -0.484 e. The number of fused-ring (bicyclic) bond motifs is 1. The van der Waals surface area contributed by atoms with Crippen molar-refractivity contribution in [2.24, 2.45) is 5.92 Å². The van der Waals surface area contributed by atoms with Crippen LogP contribution in [0.3, 0.4) is 0 Å². The fourth-order valence-corrected chi connectivity index (χ4v) is 3.12. The second-order valence-electron chi connectivity index (χ2n) is 7.39. The van der Waals surface area contributed by atoms with Crippen LogP contribution in [-0.2, 0) is 23.8 Å². The van der Waals surface area contributed by atoms with E-state index in [1.165, 1.54) is 12.1 Å². The van der Waals surface area contributed by atoms with Gasteiger partial charge in [-0.3, -0.25) is 19.7 Å². The first-order valence-electron chi connectivity index (χ1n) is 9.78. The summed E-state index contributed by atoms with van der Waals surface area (Å²) in [6, 6.07) is 4.34. The van der Waals surface area contributed by atoms with Crippen LogP contribution >= 0.6 is 0 Å². The van der Waals surface area contributed by atoms with Crippen LogP contribution < -0.4 is 9.64 Å². The minimum absolute atomic E-state index is 0.0785. The Morgan fingerprint density at radius 1 is 1.23 bits per heavy atom. The molecule has 0 saturated carbocycles. The van der Waals surface area contributed by atoms with Crippen LogP contribution in [0.2, 0.25) is 0 Å². The summed E-state index contributed by atoms with van der Waals surface area (Å²) in [7, 11) is 0. The molecule has 0 spiro atoms. The molecule has 0 N–H and O–H groups in total. The second-order valence-corrected chi connectivity index (χ2v) is 7.39. The van der Waals surface area contributed by atoms with Gasteiger partial charge in [0, 0.05) is 12.1 Å². The van der Waals surface area contributed by atoms with Crippen molar-refractivity contribution in [3.8, 4) is 5.75 Å². The Morgan fingerprint density at radius 2 is 1.83 bits per heavy atom. The molecule has 166 valence electrons. The molecule has 0 saturated heterocycles. The molecule has 30 heavy (non-hydrogen) atoms. The van der Waals surface area contributed by atoms with Gasteiger partial charge >= 0.3 is 11.9 Å². The third-order valence-electron chi connectivity index (χ3n) is 4.49. The lowest BCUT2D eigenvalue weighted by molar-refractivity contribution is -0.384. The lowest BCUT2D eigenvalue weighted by Crippen LogP contribution is -2.51. The zero-order valence-corrected chi connectivity index (χ0v) is 17.9. The number of hydrogen-bond acceptors (Lipinski definition) is 9. The number of carbonyl (C=O) groups is 2. The average Bonchev–Trinajstić information content (AvgIpc) is 2.66. The summed E-state index contributed by atoms with van der Waals surface area (Å²) in [6.45, 7) is 9.17. The van der Waals surface area contributed by atoms with Crippen LogP contribution in [-0.4, -0.2) is 55.1 Å². The highest BCUT2D eigenvalue weighted by Crippen LogP contribution is 2.40. The highest BCUT2D eigenvalue weighted by molar-refractivity contribution is 5.95. The number of nitrogens with zero attached hydrogens (tertiary/aromatic N) is 2. The summed E-state index contributed by atoms with van der Waals surface area (Å²) < 4.78 is 21.7. The SMILES string of the molecule is CCOC(=O)C(COC(C)N1CC(C)(C)Oc2ccc([N+](=O)[O-])cc21)C(=O)OCC. The van der Waals surface area contributed by atoms with Crippen molar-refractivity contribution in [3.63, 3.8) is 0 Å². The quantitative estimate of drug-likeness (QED) is 0.255. The summed E-state index contributed by atoms with van der Waals surface area (Å²) in [4.78, 5) is 36.8. The predicted molar refractivity (Wildman–Crippen MR) is 107 cm³/mol. The molecule has 0 bridgehead atoms. The van der Waals surface area contributed by atoms with Crippen LogP contribution in [0.15, 0.2) is 18.2 Å². The number of nitro benzene ring substituents is 1. The first kappa shape index (κ1) is 23.4. The number of nitro groups is 1. The molecular formula is C20H28N2O8. The molecule has 1 aromatic rings. The largest absolute Gasteiger partial charge is 0.484 e. The topological polar surface area (TPSA) is 117 Å². The fourth-order valence-electron chi connectivity index (χ4n) is 3.12. The predicted octanol–water partition coefficient (Wildman–Crippen LogP) is 2.68. The molecule has 10 nitrogen and oxygen atoms in total. The number of anilines is 1. The van der Waals surface area contributed by atoms with Crippen molar-refractivity contribution in [2.45, 2.75) is 46.4 Å². The molecule has 1 aliphatic rings. The number of ether oxygens (including phenoxy) is 4. The van der Waals surface area contributed by atoms with Crippen molar-refractivity contribution in [3.05, 3.63) is 28.3 Å². The van der Waals surface area contributed by atoms with E-state index in [-0.39, 0.29) is 25.5 Å². The maximum Gasteiger partial charge on any atom is 0.322 e. The molecule has 1 unspecified atom stereocenters. The number of carbonyl (C=O) groups excluding carboxylic acids is 2. The molecule has 0 amide bonds. The summed E-state index contributed by atoms with van der Waals surface area (Å²) in [6.07, 6.45) is -0.611. The van der Waals surface area contributed by atoms with Gasteiger partial charge in [-0.15, -0.1) is 0 Å². The first-order valence-corrected chi connectivity index (χ1v) is 9.78. The highest BCUT2D eigenvalue weighted by atomic mass is 16.6. The second kappa shape index (κ2) is 9.75. The molecule has 0 aromatic heterocycles. The Balaban J connectivity index is 2.23. The van der Waals surface area contributed by atoms with Crippen LogP contribution in [0, 0.1) is 16.0 Å². The van der Waals surface area contributed by atoms with Gasteiger partial charge in [-0.2, -0.15) is 0 Å². The zero-order valence-electron chi connectivity index (χ0n) is 17.9. The minimum atomic E-state index is -1.22. The smallest absolute Gasteiger partial charge is 0.322 e. The van der Waals surface area contributed by atoms with E-state index in [9.17, 15) is 19.7 Å². The summed E-state index contributed by atoms with van der Waals surface area (Å²) >= 11 is 0. The van der Waals surface area contributed by atoms with Gasteiger partial charge in [-0.1, -0.05) is 0 Å². The Labute approximate surface area is 175 Å². The van der Waals surface area contributed by atoms with Crippen molar-refractivity contribution < 1.29 is 33.5 Å². The van der Waals surface area contributed by atoms with E-state index < -0.39 is 34.6 Å². The zero-order chi connectivity index (χ0) is 22.5. The van der Waals surface area contributed by atoms with Crippen LogP contribution in [0.5, 0.6) is 5.75 Å². The maximum absolute atomic E-state index is 12.2. The molecular weight excluding hydrogens is 396 g/mol. The monoisotopic (exact) mass is 424 g/mol. The van der Waals surface area contributed by atoms with Gasteiger partial charge < -0.3 is 23.8 Å². The van der Waals surface area contributed by atoms with Gasteiger partial charge in [-0.05, 0) is 40.7 Å². The third kappa shape index (κ3) is 5.59. The molecule has 0 fully saturated rings. The standard InChI is InChI=1S/C20H28N2O8/c1-6-27-18(23)15(19(24)28-7-2)11-29-13(3)21-12-20(4,5)30-17-9-8-14(22(25)26)10-16(17)21/h8-10,13,15H,6-7,11-12H2,1-5H3. The number of non-ortho nitro benzene ring substituents is 1. The Bertz CT molecular complexity index is 777. The Morgan fingerprint density at radius 3 is 2.37 bits per heavy atom. The van der Waals surface area contributed by atoms with Gasteiger partial charge in [-0.25, -0.2) is 0 Å². The number of hydrogen-bond donors (Lipinski definition) is 0. The van der Waals surface area contributed by atoms with E-state index in [4.69, 9.17) is 18.9 Å². The lowest BCUT2D eigenvalue weighted by Gasteiger charge is -2.43. The number of benzene rings is 1. The van der Waals surface area contributed by atoms with Gasteiger partial charge in [0.15, 0.2) is 5.92 Å². The van der Waals surface area contributed by atoms with Crippen molar-refractivity contribution in [1.82, 2.24) is 0 Å².